The maximum atomic E-state index is 11.4. The molecule has 0 amide bonds. The van der Waals surface area contributed by atoms with Crippen LogP contribution < -0.4 is 14.2 Å². The van der Waals surface area contributed by atoms with Crippen molar-refractivity contribution < 1.29 is 24.4 Å². The number of benzene rings is 4. The van der Waals surface area contributed by atoms with E-state index in [0.717, 1.165) is 11.3 Å². The van der Waals surface area contributed by atoms with Gasteiger partial charge < -0.3 is 29.4 Å². The second-order valence-corrected chi connectivity index (χ2v) is 8.02. The largest absolute Gasteiger partial charge is 0.504 e. The second-order valence-electron chi connectivity index (χ2n) is 8.02. The van der Waals surface area contributed by atoms with Gasteiger partial charge in [0.15, 0.2) is 11.5 Å². The first kappa shape index (κ1) is 22.2. The van der Waals surface area contributed by atoms with E-state index in [1.807, 2.05) is 78.9 Å². The third-order valence-corrected chi connectivity index (χ3v) is 6.18. The summed E-state index contributed by atoms with van der Waals surface area (Å²) < 4.78 is 16.7. The van der Waals surface area contributed by atoms with Crippen LogP contribution in [0.3, 0.4) is 0 Å². The summed E-state index contributed by atoms with van der Waals surface area (Å²) in [5.41, 5.74) is 4.47. The average Bonchev–Trinajstić information content (AvgIpc) is 3.33. The first-order valence-electron chi connectivity index (χ1n) is 11.1. The van der Waals surface area contributed by atoms with E-state index in [2.05, 4.69) is 4.98 Å². The molecule has 0 bridgehead atoms. The highest BCUT2D eigenvalue weighted by molar-refractivity contribution is 6.11. The number of aromatic amines is 1. The molecule has 176 valence electrons. The van der Waals surface area contributed by atoms with E-state index in [-0.39, 0.29) is 11.5 Å². The van der Waals surface area contributed by atoms with Gasteiger partial charge in [0.1, 0.15) is 17.2 Å². The maximum absolute atomic E-state index is 11.4. The number of phenols is 2. The van der Waals surface area contributed by atoms with Crippen molar-refractivity contribution in [3.05, 3.63) is 78.9 Å². The van der Waals surface area contributed by atoms with E-state index < -0.39 is 0 Å². The zero-order valence-corrected chi connectivity index (χ0v) is 19.6. The number of hydrogen-bond donors (Lipinski definition) is 3. The Morgan fingerprint density at radius 1 is 0.571 bits per heavy atom. The molecule has 0 saturated heterocycles. The number of methoxy groups -OCH3 is 3. The molecule has 6 nitrogen and oxygen atoms in total. The molecule has 5 rings (SSSR count). The molecule has 35 heavy (non-hydrogen) atoms. The maximum Gasteiger partial charge on any atom is 0.168 e. The highest BCUT2D eigenvalue weighted by Crippen LogP contribution is 2.53. The Balaban J connectivity index is 1.93. The van der Waals surface area contributed by atoms with Crippen LogP contribution in [0.1, 0.15) is 0 Å². The molecule has 0 radical (unpaired) electrons. The van der Waals surface area contributed by atoms with E-state index in [4.69, 9.17) is 14.2 Å². The summed E-state index contributed by atoms with van der Waals surface area (Å²) in [5.74, 6) is 1.35. The minimum Gasteiger partial charge on any atom is -0.504 e. The van der Waals surface area contributed by atoms with E-state index in [1.54, 1.807) is 21.3 Å². The summed E-state index contributed by atoms with van der Waals surface area (Å²) in [5, 5.41) is 23.4. The van der Waals surface area contributed by atoms with E-state index in [0.29, 0.717) is 50.4 Å². The number of rotatable bonds is 6. The fourth-order valence-corrected chi connectivity index (χ4v) is 4.58. The molecule has 0 saturated carbocycles. The van der Waals surface area contributed by atoms with Crippen LogP contribution in [0, 0.1) is 0 Å². The predicted molar refractivity (Wildman–Crippen MR) is 138 cm³/mol. The zero-order chi connectivity index (χ0) is 24.5. The van der Waals surface area contributed by atoms with Gasteiger partial charge in [-0.2, -0.15) is 0 Å². The Bertz CT molecular complexity index is 1450. The lowest BCUT2D eigenvalue weighted by Gasteiger charge is -2.17. The summed E-state index contributed by atoms with van der Waals surface area (Å²) >= 11 is 0. The summed E-state index contributed by atoms with van der Waals surface area (Å²) in [6.07, 6.45) is 0. The molecule has 5 aromatic rings. The normalized spacial score (nSPS) is 10.9. The van der Waals surface area contributed by atoms with Crippen LogP contribution in [0.5, 0.6) is 28.7 Å². The first-order valence-corrected chi connectivity index (χ1v) is 11.1. The van der Waals surface area contributed by atoms with Crippen LogP contribution in [0.15, 0.2) is 78.9 Å². The number of ether oxygens (including phenoxy) is 3. The van der Waals surface area contributed by atoms with E-state index in [9.17, 15) is 10.2 Å². The van der Waals surface area contributed by atoms with Gasteiger partial charge >= 0.3 is 0 Å². The Morgan fingerprint density at radius 2 is 1.00 bits per heavy atom. The van der Waals surface area contributed by atoms with Crippen molar-refractivity contribution >= 4 is 10.9 Å². The van der Waals surface area contributed by atoms with Crippen LogP contribution in [0.25, 0.3) is 44.4 Å². The van der Waals surface area contributed by atoms with E-state index >= 15 is 0 Å². The minimum absolute atomic E-state index is 0.242. The fourth-order valence-electron chi connectivity index (χ4n) is 4.58. The quantitative estimate of drug-likeness (QED) is 0.245. The van der Waals surface area contributed by atoms with Gasteiger partial charge in [0.25, 0.3) is 0 Å². The number of hydrogen-bond acceptors (Lipinski definition) is 5. The molecule has 0 spiro atoms. The molecule has 0 aliphatic heterocycles. The molecule has 4 aromatic carbocycles. The number of aromatic hydroxyl groups is 2. The summed E-state index contributed by atoms with van der Waals surface area (Å²) in [4.78, 5) is 3.47. The van der Waals surface area contributed by atoms with Crippen molar-refractivity contribution in [2.75, 3.05) is 21.3 Å². The summed E-state index contributed by atoms with van der Waals surface area (Å²) in [6, 6.07) is 24.4. The molecule has 1 aromatic heterocycles. The van der Waals surface area contributed by atoms with Crippen molar-refractivity contribution in [3.63, 3.8) is 0 Å². The van der Waals surface area contributed by atoms with E-state index in [1.165, 1.54) is 0 Å². The van der Waals surface area contributed by atoms with Gasteiger partial charge in [0.05, 0.1) is 38.1 Å². The Kier molecular flexibility index (Phi) is 5.71. The predicted octanol–water partition coefficient (Wildman–Crippen LogP) is 6.61. The second kappa shape index (κ2) is 8.99. The van der Waals surface area contributed by atoms with Gasteiger partial charge in [-0.3, -0.25) is 0 Å². The Morgan fingerprint density at radius 3 is 1.54 bits per heavy atom. The number of aromatic nitrogens is 1. The standard InChI is InChI=1S/C29H25NO5/c1-33-22-13-7-4-10-17(22)21-16-20-25(18-11-5-8-14-23(18)34-2)28(31)29(32)26(27(20)30-21)19-12-6-9-15-24(19)35-3/h4-16,30-32H,1-3H3. The van der Waals surface area contributed by atoms with Crippen molar-refractivity contribution in [2.24, 2.45) is 0 Å². The average molecular weight is 468 g/mol. The monoisotopic (exact) mass is 467 g/mol. The smallest absolute Gasteiger partial charge is 0.168 e. The lowest BCUT2D eigenvalue weighted by atomic mass is 9.93. The van der Waals surface area contributed by atoms with Gasteiger partial charge in [-0.25, -0.2) is 0 Å². The third kappa shape index (κ3) is 3.60. The van der Waals surface area contributed by atoms with Gasteiger partial charge in [0.2, 0.25) is 0 Å². The van der Waals surface area contributed by atoms with Crippen LogP contribution in [-0.4, -0.2) is 36.5 Å². The molecule has 6 heteroatoms. The fraction of sp³-hybridized carbons (Fsp3) is 0.103. The highest BCUT2D eigenvalue weighted by atomic mass is 16.5. The topological polar surface area (TPSA) is 83.9 Å². The molecule has 0 aliphatic rings. The van der Waals surface area contributed by atoms with Gasteiger partial charge in [-0.1, -0.05) is 48.5 Å². The van der Waals surface area contributed by atoms with Crippen molar-refractivity contribution in [1.29, 1.82) is 0 Å². The molecule has 0 unspecified atom stereocenters. The molecular formula is C29H25NO5. The Labute approximate surface area is 203 Å². The van der Waals surface area contributed by atoms with Crippen molar-refractivity contribution in [1.82, 2.24) is 4.98 Å². The van der Waals surface area contributed by atoms with Crippen molar-refractivity contribution in [3.8, 4) is 62.3 Å². The number of phenolic OH excluding ortho intramolecular Hbond substituents is 2. The number of para-hydroxylation sites is 3. The molecule has 0 atom stereocenters. The molecule has 0 fully saturated rings. The van der Waals surface area contributed by atoms with Crippen LogP contribution in [-0.2, 0) is 0 Å². The van der Waals surface area contributed by atoms with Crippen molar-refractivity contribution in [2.45, 2.75) is 0 Å². The minimum atomic E-state index is -0.253. The number of fused-ring (bicyclic) bond motifs is 1. The van der Waals surface area contributed by atoms with Gasteiger partial charge in [-0.15, -0.1) is 0 Å². The lowest BCUT2D eigenvalue weighted by Crippen LogP contribution is -1.93. The first-order chi connectivity index (χ1) is 17.1. The summed E-state index contributed by atoms with van der Waals surface area (Å²) in [6.45, 7) is 0. The zero-order valence-electron chi connectivity index (χ0n) is 19.6. The third-order valence-electron chi connectivity index (χ3n) is 6.18. The van der Waals surface area contributed by atoms with Crippen LogP contribution in [0.2, 0.25) is 0 Å². The highest BCUT2D eigenvalue weighted by Gasteiger charge is 2.26. The summed E-state index contributed by atoms with van der Waals surface area (Å²) in [7, 11) is 4.78. The lowest BCUT2D eigenvalue weighted by molar-refractivity contribution is 0.403. The number of H-pyrrole nitrogens is 1. The van der Waals surface area contributed by atoms with Crippen LogP contribution >= 0.6 is 0 Å². The van der Waals surface area contributed by atoms with Gasteiger partial charge in [-0.05, 0) is 30.3 Å². The molecular weight excluding hydrogens is 442 g/mol. The number of nitrogens with one attached hydrogen (secondary N) is 1. The van der Waals surface area contributed by atoms with Crippen LogP contribution in [0.4, 0.5) is 0 Å². The SMILES string of the molecule is COc1ccccc1-c1cc2c(-c3ccccc3OC)c(O)c(O)c(-c3ccccc3OC)c2[nH]1. The molecule has 1 heterocycles. The molecule has 0 aliphatic carbocycles. The Hall–Kier alpha value is -4.58. The van der Waals surface area contributed by atoms with Gasteiger partial charge in [0, 0.05) is 27.6 Å². The molecule has 3 N–H and O–H groups in total.